The number of anilines is 2. The fourth-order valence-corrected chi connectivity index (χ4v) is 5.56. The van der Waals surface area contributed by atoms with Crippen molar-refractivity contribution in [3.05, 3.63) is 58.7 Å². The maximum atomic E-state index is 9.98. The molecule has 36 heavy (non-hydrogen) atoms. The Balaban J connectivity index is 1.68. The van der Waals surface area contributed by atoms with Crippen molar-refractivity contribution in [3.8, 4) is 17.3 Å². The molecule has 2 aromatic heterocycles. The second kappa shape index (κ2) is 9.38. The fraction of sp³-hybridized carbons (Fsp3) is 0.464. The van der Waals surface area contributed by atoms with Crippen molar-refractivity contribution in [1.29, 1.82) is 5.26 Å². The molecule has 0 amide bonds. The average Bonchev–Trinajstić information content (AvgIpc) is 3.13. The first-order valence-electron chi connectivity index (χ1n) is 12.5. The molecule has 8 heteroatoms. The molecule has 0 fully saturated rings. The van der Waals surface area contributed by atoms with Gasteiger partial charge in [0.2, 0.25) is 5.95 Å². The van der Waals surface area contributed by atoms with Gasteiger partial charge in [-0.3, -0.25) is 0 Å². The number of benzene rings is 1. The first-order chi connectivity index (χ1) is 16.8. The molecule has 1 aromatic carbocycles. The van der Waals surface area contributed by atoms with Crippen LogP contribution in [0.15, 0.2) is 30.5 Å². The molecule has 0 spiro atoms. The highest BCUT2D eigenvalue weighted by Gasteiger charge is 2.42. The van der Waals surface area contributed by atoms with Crippen LogP contribution in [0.3, 0.4) is 0 Å². The summed E-state index contributed by atoms with van der Waals surface area (Å²) >= 11 is 0. The van der Waals surface area contributed by atoms with Gasteiger partial charge in [-0.2, -0.15) is 5.26 Å². The summed E-state index contributed by atoms with van der Waals surface area (Å²) in [4.78, 5) is 17.9. The molecule has 0 bridgehead atoms. The third-order valence-electron chi connectivity index (χ3n) is 7.66. The Kier molecular flexibility index (Phi) is 6.75. The van der Waals surface area contributed by atoms with Gasteiger partial charge < -0.3 is 9.74 Å². The molecule has 4 rings (SSSR count). The lowest BCUT2D eigenvalue weighted by atomic mass is 9.83. The summed E-state index contributed by atoms with van der Waals surface area (Å²) in [5.41, 5.74) is 5.45. The first-order valence-corrected chi connectivity index (χ1v) is 15.4. The summed E-state index contributed by atoms with van der Waals surface area (Å²) in [5.74, 6) is 1.79. The van der Waals surface area contributed by atoms with Crippen LogP contribution in [0, 0.1) is 25.2 Å². The summed E-state index contributed by atoms with van der Waals surface area (Å²) < 4.78 is 6.67. The molecule has 0 saturated carbocycles. The van der Waals surface area contributed by atoms with Gasteiger partial charge in [0.25, 0.3) is 0 Å². The van der Waals surface area contributed by atoms with Gasteiger partial charge in [-0.1, -0.05) is 27.7 Å². The van der Waals surface area contributed by atoms with Crippen LogP contribution in [0.4, 0.5) is 11.8 Å². The van der Waals surface area contributed by atoms with E-state index in [0.29, 0.717) is 29.8 Å². The Morgan fingerprint density at radius 3 is 2.56 bits per heavy atom. The van der Waals surface area contributed by atoms with Crippen molar-refractivity contribution in [3.63, 3.8) is 0 Å². The van der Waals surface area contributed by atoms with E-state index in [1.165, 1.54) is 5.56 Å². The van der Waals surface area contributed by atoms with Crippen LogP contribution < -0.4 is 5.32 Å². The zero-order chi connectivity index (χ0) is 26.3. The number of nitrogens with one attached hydrogen (secondary N) is 1. The van der Waals surface area contributed by atoms with Gasteiger partial charge in [0.05, 0.1) is 17.3 Å². The van der Waals surface area contributed by atoms with Crippen LogP contribution in [0.25, 0.3) is 11.3 Å². The van der Waals surface area contributed by atoms with Gasteiger partial charge in [-0.25, -0.2) is 19.9 Å². The van der Waals surface area contributed by atoms with E-state index >= 15 is 0 Å². The largest absolute Gasteiger partial charge is 0.416 e. The summed E-state index contributed by atoms with van der Waals surface area (Å²) in [7, 11) is -1.90. The Labute approximate surface area is 215 Å². The SMILES string of the molecule is Cc1cc(Nc2nccc(-c3cc(C#N)c4c(c3)C(C)(CO[Si](C)(C)C(C)(C)C)CC4)n2)nc(C)n1. The van der Waals surface area contributed by atoms with E-state index in [4.69, 9.17) is 9.41 Å². The first kappa shape index (κ1) is 25.9. The fourth-order valence-electron chi connectivity index (χ4n) is 4.44. The van der Waals surface area contributed by atoms with Gasteiger partial charge in [-0.15, -0.1) is 0 Å². The predicted octanol–water partition coefficient (Wildman–Crippen LogP) is 6.39. The molecule has 7 nitrogen and oxygen atoms in total. The number of hydrogen-bond acceptors (Lipinski definition) is 7. The van der Waals surface area contributed by atoms with Gasteiger partial charge in [0.1, 0.15) is 11.6 Å². The quantitative estimate of drug-likeness (QED) is 0.392. The molecule has 0 aliphatic heterocycles. The molecule has 0 saturated heterocycles. The number of nitriles is 1. The molecular weight excluding hydrogens is 464 g/mol. The summed E-state index contributed by atoms with van der Waals surface area (Å²) in [5, 5.41) is 13.3. The minimum Gasteiger partial charge on any atom is -0.416 e. The summed E-state index contributed by atoms with van der Waals surface area (Å²) in [6.07, 6.45) is 3.58. The van der Waals surface area contributed by atoms with Crippen LogP contribution in [0.2, 0.25) is 18.1 Å². The molecule has 1 unspecified atom stereocenters. The number of nitrogens with zero attached hydrogens (tertiary/aromatic N) is 5. The van der Waals surface area contributed by atoms with Crippen molar-refractivity contribution in [1.82, 2.24) is 19.9 Å². The van der Waals surface area contributed by atoms with Crippen molar-refractivity contribution in [2.45, 2.75) is 77.9 Å². The molecule has 1 N–H and O–H groups in total. The van der Waals surface area contributed by atoms with E-state index in [0.717, 1.165) is 35.4 Å². The Morgan fingerprint density at radius 2 is 1.89 bits per heavy atom. The lowest BCUT2D eigenvalue weighted by molar-refractivity contribution is 0.208. The molecule has 188 valence electrons. The number of aromatic nitrogens is 4. The summed E-state index contributed by atoms with van der Waals surface area (Å²) in [6, 6.07) is 10.3. The van der Waals surface area contributed by atoms with Crippen LogP contribution in [-0.2, 0) is 16.3 Å². The Bertz CT molecular complexity index is 1320. The zero-order valence-corrected chi connectivity index (χ0v) is 23.7. The van der Waals surface area contributed by atoms with Crippen molar-refractivity contribution in [2.24, 2.45) is 0 Å². The smallest absolute Gasteiger partial charge is 0.228 e. The topological polar surface area (TPSA) is 96.6 Å². The van der Waals surface area contributed by atoms with Crippen LogP contribution in [-0.4, -0.2) is 34.9 Å². The molecule has 1 aliphatic rings. The molecule has 1 aliphatic carbocycles. The molecule has 3 aromatic rings. The zero-order valence-electron chi connectivity index (χ0n) is 22.7. The number of aryl methyl sites for hydroxylation is 2. The highest BCUT2D eigenvalue weighted by molar-refractivity contribution is 6.74. The molecular formula is C28H36N6OSi. The predicted molar refractivity (Wildman–Crippen MR) is 146 cm³/mol. The molecule has 2 heterocycles. The third kappa shape index (κ3) is 5.18. The Morgan fingerprint density at radius 1 is 1.14 bits per heavy atom. The minimum absolute atomic E-state index is 0.142. The van der Waals surface area contributed by atoms with Gasteiger partial charge in [-0.05, 0) is 74.1 Å². The standard InChI is InChI=1S/C28H36N6OSi/c1-18-13-25(32-19(2)31-18)34-26-30-12-10-24(33-26)20-14-21(16-29)22-9-11-28(6,23(22)15-20)17-35-36(7,8)27(3,4)5/h10,12-15H,9,11,17H2,1-8H3,(H,30,31,32,33,34). The molecule has 1 atom stereocenters. The third-order valence-corrected chi connectivity index (χ3v) is 12.1. The monoisotopic (exact) mass is 500 g/mol. The Hall–Kier alpha value is -3.15. The van der Waals surface area contributed by atoms with E-state index < -0.39 is 8.32 Å². The van der Waals surface area contributed by atoms with Crippen LogP contribution in [0.5, 0.6) is 0 Å². The van der Waals surface area contributed by atoms with E-state index in [1.54, 1.807) is 6.20 Å². The van der Waals surface area contributed by atoms with Gasteiger partial charge >= 0.3 is 0 Å². The van der Waals surface area contributed by atoms with Crippen molar-refractivity contribution >= 4 is 20.1 Å². The normalized spacial score (nSPS) is 17.5. The van der Waals surface area contributed by atoms with Crippen LogP contribution in [0.1, 0.15) is 62.3 Å². The lowest BCUT2D eigenvalue weighted by Crippen LogP contribution is -2.44. The lowest BCUT2D eigenvalue weighted by Gasteiger charge is -2.39. The maximum Gasteiger partial charge on any atom is 0.228 e. The number of rotatable bonds is 6. The van der Waals surface area contributed by atoms with Crippen molar-refractivity contribution in [2.75, 3.05) is 11.9 Å². The van der Waals surface area contributed by atoms with E-state index in [-0.39, 0.29) is 10.5 Å². The van der Waals surface area contributed by atoms with Gasteiger partial charge in [0, 0.05) is 35.5 Å². The highest BCUT2D eigenvalue weighted by Crippen LogP contribution is 2.44. The van der Waals surface area contributed by atoms with E-state index in [9.17, 15) is 5.26 Å². The van der Waals surface area contributed by atoms with E-state index in [1.807, 2.05) is 32.0 Å². The number of hydrogen-bond donors (Lipinski definition) is 1. The van der Waals surface area contributed by atoms with Gasteiger partial charge in [0.15, 0.2) is 8.32 Å². The summed E-state index contributed by atoms with van der Waals surface area (Å²) in [6.45, 7) is 18.1. The van der Waals surface area contributed by atoms with E-state index in [2.05, 4.69) is 73.2 Å². The minimum atomic E-state index is -1.90. The highest BCUT2D eigenvalue weighted by atomic mass is 28.4. The number of fused-ring (bicyclic) bond motifs is 1. The van der Waals surface area contributed by atoms with Crippen molar-refractivity contribution < 1.29 is 4.43 Å². The second-order valence-electron chi connectivity index (χ2n) is 11.6. The van der Waals surface area contributed by atoms with Crippen LogP contribution >= 0.6 is 0 Å². The molecule has 0 radical (unpaired) electrons. The maximum absolute atomic E-state index is 9.98. The second-order valence-corrected chi connectivity index (χ2v) is 16.4. The average molecular weight is 501 g/mol.